The molecule has 1 aromatic heterocycles. The van der Waals surface area contributed by atoms with Crippen LogP contribution in [-0.2, 0) is 16.1 Å². The van der Waals surface area contributed by atoms with Gasteiger partial charge in [-0.05, 0) is 56.3 Å². The molecule has 2 heterocycles. The molecule has 0 saturated carbocycles. The third-order valence-electron chi connectivity index (χ3n) is 6.15. The maximum absolute atomic E-state index is 13.8. The predicted molar refractivity (Wildman–Crippen MR) is 141 cm³/mol. The van der Waals surface area contributed by atoms with Gasteiger partial charge < -0.3 is 9.64 Å². The van der Waals surface area contributed by atoms with Crippen molar-refractivity contribution in [3.63, 3.8) is 0 Å². The largest absolute Gasteiger partial charge is 0.485 e. The number of carbonyl (C=O) groups is 3. The third kappa shape index (κ3) is 6.59. The smallest absolute Gasteiger partial charge is 0.331 e. The highest BCUT2D eigenvalue weighted by atomic mass is 32.1. The van der Waals surface area contributed by atoms with E-state index in [1.165, 1.54) is 11.3 Å². The highest BCUT2D eigenvalue weighted by Crippen LogP contribution is 2.34. The zero-order valence-corrected chi connectivity index (χ0v) is 21.5. The summed E-state index contributed by atoms with van der Waals surface area (Å²) < 4.78 is 31.2. The summed E-state index contributed by atoms with van der Waals surface area (Å²) in [4.78, 5) is 46.1. The molecule has 0 aliphatic carbocycles. The molecule has 0 spiro atoms. The highest BCUT2D eigenvalue weighted by molar-refractivity contribution is 7.16. The van der Waals surface area contributed by atoms with Crippen LogP contribution in [0.4, 0.5) is 24.3 Å². The Labute approximate surface area is 218 Å². The molecule has 11 heteroatoms. The number of halogens is 2. The van der Waals surface area contributed by atoms with Crippen LogP contribution < -0.4 is 9.64 Å². The molecular weight excluding hydrogens is 502 g/mol. The maximum Gasteiger partial charge on any atom is 0.331 e. The fourth-order valence-corrected chi connectivity index (χ4v) is 5.19. The lowest BCUT2D eigenvalue weighted by Gasteiger charge is -2.39. The number of nitrogens with zero attached hydrogens (tertiary/aromatic N) is 4. The second kappa shape index (κ2) is 13.1. The van der Waals surface area contributed by atoms with Crippen molar-refractivity contribution in [1.82, 2.24) is 9.80 Å². The van der Waals surface area contributed by atoms with Crippen LogP contribution in [0.25, 0.3) is 6.08 Å². The number of imide groups is 1. The van der Waals surface area contributed by atoms with Gasteiger partial charge in [0.05, 0.1) is 6.54 Å². The fourth-order valence-electron chi connectivity index (χ4n) is 4.23. The van der Waals surface area contributed by atoms with E-state index >= 15 is 0 Å². The summed E-state index contributed by atoms with van der Waals surface area (Å²) in [5, 5.41) is 0.646. The lowest BCUT2D eigenvalue weighted by atomic mass is 10.0. The van der Waals surface area contributed by atoms with E-state index in [2.05, 4.69) is 18.3 Å². The summed E-state index contributed by atoms with van der Waals surface area (Å²) in [5.74, 6) is 0.275. The maximum atomic E-state index is 13.8. The van der Waals surface area contributed by atoms with Crippen LogP contribution in [0.2, 0.25) is 0 Å². The average Bonchev–Trinajstić information content (AvgIpc) is 3.33. The molecule has 1 aliphatic rings. The Hall–Kier alpha value is -3.60. The Kier molecular flexibility index (Phi) is 9.90. The first-order valence-electron chi connectivity index (χ1n) is 11.7. The van der Waals surface area contributed by atoms with Gasteiger partial charge in [-0.15, -0.1) is 11.3 Å². The van der Waals surface area contributed by atoms with Gasteiger partial charge >= 0.3 is 6.03 Å². The number of amides is 4. The number of likely N-dealkylation sites (tertiary alicyclic amines) is 1. The minimum atomic E-state index is -1.21. The van der Waals surface area contributed by atoms with Crippen LogP contribution in [0.3, 0.4) is 0 Å². The van der Waals surface area contributed by atoms with E-state index < -0.39 is 25.5 Å². The van der Waals surface area contributed by atoms with Gasteiger partial charge in [0.2, 0.25) is 12.8 Å². The van der Waals surface area contributed by atoms with E-state index in [4.69, 9.17) is 4.74 Å². The van der Waals surface area contributed by atoms with Crippen molar-refractivity contribution in [2.24, 2.45) is 4.99 Å². The SMILES string of the molecule is C=Cc1cc(CN(C=O)C(=O)N(c2ccc(OC(CF)CF)cc2C)C2CCN(C=O)CC2)sc1N=C. The molecular formula is C26H30F2N4O4S. The Balaban J connectivity index is 1.93. The predicted octanol–water partition coefficient (Wildman–Crippen LogP) is 4.92. The molecule has 37 heavy (non-hydrogen) atoms. The number of anilines is 1. The first-order chi connectivity index (χ1) is 17.9. The van der Waals surface area contributed by atoms with Crippen molar-refractivity contribution in [1.29, 1.82) is 0 Å². The summed E-state index contributed by atoms with van der Waals surface area (Å²) in [6.07, 6.45) is 2.73. The number of thiophene rings is 1. The van der Waals surface area contributed by atoms with Gasteiger partial charge in [-0.25, -0.2) is 13.6 Å². The van der Waals surface area contributed by atoms with E-state index in [0.29, 0.717) is 48.6 Å². The topological polar surface area (TPSA) is 82.5 Å². The van der Waals surface area contributed by atoms with E-state index in [1.54, 1.807) is 41.0 Å². The van der Waals surface area contributed by atoms with Crippen molar-refractivity contribution in [3.8, 4) is 5.75 Å². The lowest BCUT2D eigenvalue weighted by Crippen LogP contribution is -2.52. The zero-order chi connectivity index (χ0) is 26.9. The average molecular weight is 533 g/mol. The number of carbonyl (C=O) groups excluding carboxylic acids is 3. The number of hydrogen-bond donors (Lipinski definition) is 0. The third-order valence-corrected chi connectivity index (χ3v) is 7.22. The molecule has 1 aromatic carbocycles. The van der Waals surface area contributed by atoms with E-state index in [0.717, 1.165) is 21.8 Å². The van der Waals surface area contributed by atoms with Gasteiger partial charge in [-0.3, -0.25) is 24.4 Å². The number of benzene rings is 1. The number of alkyl halides is 2. The number of ether oxygens (including phenoxy) is 1. The Morgan fingerprint density at radius 2 is 1.97 bits per heavy atom. The number of aryl methyl sites for hydroxylation is 1. The van der Waals surface area contributed by atoms with Gasteiger partial charge in [0, 0.05) is 35.3 Å². The Morgan fingerprint density at radius 3 is 2.49 bits per heavy atom. The summed E-state index contributed by atoms with van der Waals surface area (Å²) >= 11 is 1.31. The summed E-state index contributed by atoms with van der Waals surface area (Å²) in [6.45, 7) is 8.09. The molecule has 1 fully saturated rings. The van der Waals surface area contributed by atoms with Crippen molar-refractivity contribution in [2.45, 2.75) is 38.5 Å². The van der Waals surface area contributed by atoms with Gasteiger partial charge in [0.1, 0.15) is 24.1 Å². The Bertz CT molecular complexity index is 1100. The minimum absolute atomic E-state index is 0.0297. The molecule has 198 valence electrons. The van der Waals surface area contributed by atoms with Crippen molar-refractivity contribution in [3.05, 3.63) is 46.8 Å². The van der Waals surface area contributed by atoms with E-state index in [-0.39, 0.29) is 18.3 Å². The highest BCUT2D eigenvalue weighted by Gasteiger charge is 2.33. The standard InChI is InChI=1S/C26H30F2N4O4S/c1-4-19-12-23(37-25(19)29-3)15-31(17-34)26(35)32(20-7-9-30(16-33)10-8-20)24-6-5-21(11-18(24)2)36-22(13-27)14-28/h4-6,11-12,16-17,20,22H,1,3,7-10,13-15H2,2H3. The summed E-state index contributed by atoms with van der Waals surface area (Å²) in [7, 11) is 0. The second-order valence-electron chi connectivity index (χ2n) is 8.59. The van der Waals surface area contributed by atoms with E-state index in [9.17, 15) is 23.2 Å². The van der Waals surface area contributed by atoms with Crippen molar-refractivity contribution >= 4 is 53.7 Å². The first kappa shape index (κ1) is 28.0. The summed E-state index contributed by atoms with van der Waals surface area (Å²) in [5.41, 5.74) is 1.93. The second-order valence-corrected chi connectivity index (χ2v) is 9.71. The molecule has 4 amide bonds. The van der Waals surface area contributed by atoms with Crippen molar-refractivity contribution in [2.75, 3.05) is 31.3 Å². The molecule has 0 N–H and O–H groups in total. The molecule has 0 unspecified atom stereocenters. The number of urea groups is 1. The molecule has 2 aromatic rings. The molecule has 3 rings (SSSR count). The van der Waals surface area contributed by atoms with Gasteiger partial charge in [0.15, 0.2) is 6.10 Å². The number of rotatable bonds is 12. The van der Waals surface area contributed by atoms with Gasteiger partial charge in [-0.1, -0.05) is 12.7 Å². The van der Waals surface area contributed by atoms with Crippen LogP contribution in [0, 0.1) is 6.92 Å². The number of piperidine rings is 1. The van der Waals surface area contributed by atoms with Gasteiger partial charge in [0.25, 0.3) is 0 Å². The van der Waals surface area contributed by atoms with E-state index in [1.807, 2.05) is 6.07 Å². The molecule has 0 atom stereocenters. The molecule has 0 radical (unpaired) electrons. The van der Waals surface area contributed by atoms with Crippen LogP contribution in [-0.4, -0.2) is 74.0 Å². The molecule has 0 bridgehead atoms. The Morgan fingerprint density at radius 1 is 1.27 bits per heavy atom. The van der Waals surface area contributed by atoms with Crippen molar-refractivity contribution < 1.29 is 27.9 Å². The van der Waals surface area contributed by atoms with Crippen LogP contribution in [0.15, 0.2) is 35.8 Å². The quantitative estimate of drug-likeness (QED) is 0.287. The molecule has 1 aliphatic heterocycles. The zero-order valence-electron chi connectivity index (χ0n) is 20.6. The fraction of sp³-hybridized carbons (Fsp3) is 0.385. The van der Waals surface area contributed by atoms with Gasteiger partial charge in [-0.2, -0.15) is 0 Å². The van der Waals surface area contributed by atoms with Crippen LogP contribution in [0.1, 0.15) is 28.8 Å². The minimum Gasteiger partial charge on any atom is -0.485 e. The normalized spacial score (nSPS) is 13.8. The lowest BCUT2D eigenvalue weighted by molar-refractivity contribution is -0.119. The monoisotopic (exact) mass is 532 g/mol. The van der Waals surface area contributed by atoms with Crippen LogP contribution in [0.5, 0.6) is 5.75 Å². The number of aliphatic imine (C=N–C) groups is 1. The molecule has 8 nitrogen and oxygen atoms in total. The summed E-state index contributed by atoms with van der Waals surface area (Å²) in [6, 6.07) is 5.80. The molecule has 1 saturated heterocycles. The van der Waals surface area contributed by atoms with Crippen LogP contribution >= 0.6 is 11.3 Å². The number of hydrogen-bond acceptors (Lipinski definition) is 6. The first-order valence-corrected chi connectivity index (χ1v) is 12.6.